The van der Waals surface area contributed by atoms with Gasteiger partial charge in [-0.25, -0.2) is 8.42 Å². The molecule has 25 heavy (non-hydrogen) atoms. The number of hydrogen-bond acceptors (Lipinski definition) is 7. The van der Waals surface area contributed by atoms with E-state index in [4.69, 9.17) is 0 Å². The summed E-state index contributed by atoms with van der Waals surface area (Å²) in [5.74, 6) is 1.52. The maximum atomic E-state index is 11.7. The Kier molecular flexibility index (Phi) is 4.89. The van der Waals surface area contributed by atoms with Gasteiger partial charge in [-0.3, -0.25) is 0 Å². The van der Waals surface area contributed by atoms with Gasteiger partial charge < -0.3 is 9.80 Å². The van der Waals surface area contributed by atoms with Gasteiger partial charge in [0.25, 0.3) is 0 Å². The largest absolute Gasteiger partial charge is 0.338 e. The fourth-order valence-electron chi connectivity index (χ4n) is 3.08. The van der Waals surface area contributed by atoms with Gasteiger partial charge in [0.05, 0.1) is 17.7 Å². The van der Waals surface area contributed by atoms with Gasteiger partial charge >= 0.3 is 0 Å². The van der Waals surface area contributed by atoms with Crippen molar-refractivity contribution < 1.29 is 8.42 Å². The molecule has 1 aliphatic heterocycles. The van der Waals surface area contributed by atoms with Crippen molar-refractivity contribution in [3.05, 3.63) is 36.0 Å². The van der Waals surface area contributed by atoms with Gasteiger partial charge in [-0.2, -0.15) is 10.1 Å². The van der Waals surface area contributed by atoms with Crippen molar-refractivity contribution in [3.63, 3.8) is 0 Å². The van der Waals surface area contributed by atoms with Gasteiger partial charge in [-0.05, 0) is 38.0 Å². The van der Waals surface area contributed by atoms with Crippen LogP contribution >= 0.6 is 0 Å². The van der Waals surface area contributed by atoms with Crippen molar-refractivity contribution in [2.75, 3.05) is 34.9 Å². The molecule has 1 aliphatic rings. The zero-order valence-electron chi connectivity index (χ0n) is 14.8. The van der Waals surface area contributed by atoms with Crippen LogP contribution in [0.15, 0.2) is 30.5 Å². The quantitative estimate of drug-likeness (QED) is 0.805. The number of nitrogens with zero attached hydrogens (tertiary/aromatic N) is 5. The first-order valence-corrected chi connectivity index (χ1v) is 10.2. The minimum atomic E-state index is -2.96. The number of sulfone groups is 1. The van der Waals surface area contributed by atoms with Gasteiger partial charge in [0.2, 0.25) is 5.95 Å². The van der Waals surface area contributed by atoms with Crippen molar-refractivity contribution in [1.29, 1.82) is 0 Å². The first-order valence-electron chi connectivity index (χ1n) is 8.37. The second-order valence-electron chi connectivity index (χ2n) is 6.37. The summed E-state index contributed by atoms with van der Waals surface area (Å²) < 4.78 is 23.4. The number of hydrogen-bond donors (Lipinski definition) is 0. The lowest BCUT2D eigenvalue weighted by molar-refractivity contribution is 0.600. The second-order valence-corrected chi connectivity index (χ2v) is 8.59. The summed E-state index contributed by atoms with van der Waals surface area (Å²) in [6.45, 7) is 4.84. The molecule has 134 valence electrons. The second kappa shape index (κ2) is 6.95. The molecule has 1 saturated heterocycles. The van der Waals surface area contributed by atoms with Crippen molar-refractivity contribution >= 4 is 27.3 Å². The summed E-state index contributed by atoms with van der Waals surface area (Å²) in [5, 5.41) is 8.19. The van der Waals surface area contributed by atoms with Crippen molar-refractivity contribution in [2.24, 2.45) is 0 Å². The molecule has 8 heteroatoms. The molecule has 0 saturated carbocycles. The van der Waals surface area contributed by atoms with E-state index in [2.05, 4.69) is 46.1 Å². The fourth-order valence-corrected chi connectivity index (χ4v) is 4.86. The maximum Gasteiger partial charge on any atom is 0.247 e. The highest BCUT2D eigenvalue weighted by atomic mass is 32.2. The Balaban J connectivity index is 1.87. The third kappa shape index (κ3) is 3.89. The molecule has 0 aliphatic carbocycles. The van der Waals surface area contributed by atoms with E-state index >= 15 is 0 Å². The third-order valence-electron chi connectivity index (χ3n) is 4.51. The molecule has 1 fully saturated rings. The monoisotopic (exact) mass is 361 g/mol. The maximum absolute atomic E-state index is 11.7. The molecule has 0 spiro atoms. The predicted octanol–water partition coefficient (Wildman–Crippen LogP) is 1.96. The molecule has 1 aromatic carbocycles. The first kappa shape index (κ1) is 17.6. The Labute approximate surface area is 148 Å². The summed E-state index contributed by atoms with van der Waals surface area (Å²) >= 11 is 0. The van der Waals surface area contributed by atoms with E-state index in [0.29, 0.717) is 18.2 Å². The van der Waals surface area contributed by atoms with Crippen LogP contribution in [0.3, 0.4) is 0 Å². The summed E-state index contributed by atoms with van der Waals surface area (Å²) in [7, 11) is -1.13. The average Bonchev–Trinajstić information content (AvgIpc) is 2.95. The Morgan fingerprint density at radius 2 is 2.12 bits per heavy atom. The molecule has 1 aromatic heterocycles. The van der Waals surface area contributed by atoms with E-state index in [1.165, 1.54) is 5.56 Å². The molecule has 7 nitrogen and oxygen atoms in total. The number of anilines is 3. The lowest BCUT2D eigenvalue weighted by Gasteiger charge is -2.26. The van der Waals surface area contributed by atoms with Crippen LogP contribution in [-0.4, -0.2) is 54.7 Å². The smallest absolute Gasteiger partial charge is 0.247 e. The number of benzene rings is 1. The van der Waals surface area contributed by atoms with E-state index < -0.39 is 9.84 Å². The minimum absolute atomic E-state index is 0.101. The lowest BCUT2D eigenvalue weighted by Crippen LogP contribution is -2.34. The van der Waals surface area contributed by atoms with Gasteiger partial charge in [-0.15, -0.1) is 5.10 Å². The van der Waals surface area contributed by atoms with Crippen LogP contribution in [0.1, 0.15) is 18.9 Å². The highest BCUT2D eigenvalue weighted by Crippen LogP contribution is 2.26. The molecule has 0 radical (unpaired) electrons. The van der Waals surface area contributed by atoms with Crippen LogP contribution in [0.5, 0.6) is 0 Å². The molecule has 1 unspecified atom stereocenters. The van der Waals surface area contributed by atoms with Gasteiger partial charge in [0.1, 0.15) is 0 Å². The van der Waals surface area contributed by atoms with Crippen molar-refractivity contribution in [3.8, 4) is 0 Å². The van der Waals surface area contributed by atoms with Gasteiger partial charge in [0, 0.05) is 25.3 Å². The standard InChI is InChI=1S/C17H23N5O2S/c1-4-22(14-7-5-6-13(2)10-14)16-11-18-20-17(19-16)21(3)15-8-9-25(23,24)12-15/h5-7,10-11,15H,4,8-9,12H2,1-3H3. The van der Waals surface area contributed by atoms with Crippen LogP contribution in [0.4, 0.5) is 17.5 Å². The molecule has 1 atom stereocenters. The van der Waals surface area contributed by atoms with Crippen molar-refractivity contribution in [2.45, 2.75) is 26.3 Å². The summed E-state index contributed by atoms with van der Waals surface area (Å²) in [4.78, 5) is 8.51. The normalized spacial score (nSPS) is 18.9. The lowest BCUT2D eigenvalue weighted by atomic mass is 10.2. The highest BCUT2D eigenvalue weighted by Gasteiger charge is 2.32. The summed E-state index contributed by atoms with van der Waals surface area (Å²) in [6, 6.07) is 8.09. The molecule has 2 aromatic rings. The Morgan fingerprint density at radius 3 is 2.76 bits per heavy atom. The average molecular weight is 361 g/mol. The van der Waals surface area contributed by atoms with Crippen molar-refractivity contribution in [1.82, 2.24) is 15.2 Å². The highest BCUT2D eigenvalue weighted by molar-refractivity contribution is 7.91. The SMILES string of the molecule is CCN(c1cccc(C)c1)c1cnnc(N(C)C2CCS(=O)(=O)C2)n1. The van der Waals surface area contributed by atoms with Crippen LogP contribution in [0.25, 0.3) is 0 Å². The molecule has 3 rings (SSSR count). The van der Waals surface area contributed by atoms with E-state index in [-0.39, 0.29) is 17.5 Å². The molecule has 0 N–H and O–H groups in total. The van der Waals surface area contributed by atoms with Crippen LogP contribution in [-0.2, 0) is 9.84 Å². The summed E-state index contributed by atoms with van der Waals surface area (Å²) in [5.41, 5.74) is 2.21. The molecular weight excluding hydrogens is 338 g/mol. The Bertz CT molecular complexity index is 856. The Hall–Kier alpha value is -2.22. The van der Waals surface area contributed by atoms with E-state index in [1.807, 2.05) is 24.1 Å². The molecule has 2 heterocycles. The van der Waals surface area contributed by atoms with Gasteiger partial charge in [0.15, 0.2) is 15.7 Å². The molecule has 0 bridgehead atoms. The van der Waals surface area contributed by atoms with Gasteiger partial charge in [-0.1, -0.05) is 12.1 Å². The van der Waals surface area contributed by atoms with Crippen LogP contribution in [0, 0.1) is 6.92 Å². The zero-order valence-corrected chi connectivity index (χ0v) is 15.6. The topological polar surface area (TPSA) is 79.3 Å². The fraction of sp³-hybridized carbons (Fsp3) is 0.471. The summed E-state index contributed by atoms with van der Waals surface area (Å²) in [6.07, 6.45) is 2.23. The van der Waals surface area contributed by atoms with E-state index in [1.54, 1.807) is 6.20 Å². The first-order chi connectivity index (χ1) is 11.9. The predicted molar refractivity (Wildman–Crippen MR) is 99.1 cm³/mol. The van der Waals surface area contributed by atoms with E-state index in [9.17, 15) is 8.42 Å². The van der Waals surface area contributed by atoms with Crippen LogP contribution < -0.4 is 9.80 Å². The minimum Gasteiger partial charge on any atom is -0.338 e. The zero-order chi connectivity index (χ0) is 18.0. The number of rotatable bonds is 5. The van der Waals surface area contributed by atoms with Crippen LogP contribution in [0.2, 0.25) is 0 Å². The molecular formula is C17H23N5O2S. The third-order valence-corrected chi connectivity index (χ3v) is 6.26. The van der Waals surface area contributed by atoms with E-state index in [0.717, 1.165) is 12.2 Å². The number of aryl methyl sites for hydroxylation is 1. The Morgan fingerprint density at radius 1 is 1.32 bits per heavy atom. The molecule has 0 amide bonds. The number of aromatic nitrogens is 3.